The molecule has 0 spiro atoms. The predicted molar refractivity (Wildman–Crippen MR) is 211 cm³/mol. The van der Waals surface area contributed by atoms with Crippen LogP contribution in [0.25, 0.3) is 93.9 Å². The highest BCUT2D eigenvalue weighted by molar-refractivity contribution is 6.17. The minimum atomic E-state index is 0.918. The van der Waals surface area contributed by atoms with E-state index in [0.717, 1.165) is 77.4 Å². The van der Waals surface area contributed by atoms with Gasteiger partial charge in [0.15, 0.2) is 0 Å². The predicted octanol–water partition coefficient (Wildman–Crippen LogP) is 11.9. The summed E-state index contributed by atoms with van der Waals surface area (Å²) in [6.07, 6.45) is 1.83. The van der Waals surface area contributed by atoms with Crippen molar-refractivity contribution in [2.24, 2.45) is 0 Å². The molecule has 0 N–H and O–H groups in total. The second-order valence-electron chi connectivity index (χ2n) is 12.9. The number of para-hydroxylation sites is 1. The molecular weight excluding hydrogens is 621 g/mol. The molecule has 0 saturated heterocycles. The molecule has 0 fully saturated rings. The quantitative estimate of drug-likeness (QED) is 0.174. The van der Waals surface area contributed by atoms with Gasteiger partial charge in [-0.15, -0.1) is 0 Å². The average Bonchev–Trinajstić information content (AvgIpc) is 3.62. The normalized spacial score (nSPS) is 11.5. The highest BCUT2D eigenvalue weighted by Crippen LogP contribution is 2.43. The number of fused-ring (bicyclic) bond motifs is 6. The molecule has 4 heteroatoms. The fraction of sp³-hybridized carbons (Fsp3) is 0. The van der Waals surface area contributed by atoms with Crippen molar-refractivity contribution in [3.05, 3.63) is 182 Å². The first-order chi connectivity index (χ1) is 25.3. The van der Waals surface area contributed by atoms with Crippen LogP contribution >= 0.6 is 0 Å². The van der Waals surface area contributed by atoms with Crippen molar-refractivity contribution in [2.75, 3.05) is 0 Å². The second kappa shape index (κ2) is 11.9. The number of pyridine rings is 2. The molecule has 3 heterocycles. The third-order valence-electron chi connectivity index (χ3n) is 9.86. The van der Waals surface area contributed by atoms with Crippen molar-refractivity contribution >= 4 is 43.5 Å². The lowest BCUT2D eigenvalue weighted by molar-refractivity contribution is 0.919. The standard InChI is InChI=1S/C47H30N4/c1-3-12-31(13-4-1)40-30-37-16-7-8-19-39(37)47-43(40)44(34-14-5-2-6-15-34)50-51(47)42-20-10-9-18-38(42)32-21-23-33(24-22-32)41-28-27-36-26-25-35-17-11-29-48-45(35)46(36)49-41/h1-30H. The van der Waals surface area contributed by atoms with Gasteiger partial charge in [0, 0.05) is 44.4 Å². The number of benzene rings is 7. The number of hydrogen-bond donors (Lipinski definition) is 0. The topological polar surface area (TPSA) is 43.6 Å². The second-order valence-corrected chi connectivity index (χ2v) is 12.9. The molecule has 7 aromatic carbocycles. The van der Waals surface area contributed by atoms with E-state index in [0.29, 0.717) is 0 Å². The van der Waals surface area contributed by atoms with Crippen LogP contribution in [-0.2, 0) is 0 Å². The maximum absolute atomic E-state index is 5.47. The summed E-state index contributed by atoms with van der Waals surface area (Å²) in [5.41, 5.74) is 12.5. The summed E-state index contributed by atoms with van der Waals surface area (Å²) < 4.78 is 2.17. The molecule has 0 aliphatic rings. The van der Waals surface area contributed by atoms with Crippen LogP contribution in [-0.4, -0.2) is 19.7 Å². The summed E-state index contributed by atoms with van der Waals surface area (Å²) in [6, 6.07) is 61.9. The highest BCUT2D eigenvalue weighted by atomic mass is 15.3. The smallest absolute Gasteiger partial charge is 0.101 e. The van der Waals surface area contributed by atoms with E-state index in [1.807, 2.05) is 12.3 Å². The van der Waals surface area contributed by atoms with Gasteiger partial charge in [-0.2, -0.15) is 5.10 Å². The van der Waals surface area contributed by atoms with Gasteiger partial charge in [0.1, 0.15) is 5.69 Å². The maximum Gasteiger partial charge on any atom is 0.101 e. The Labute approximate surface area is 294 Å². The summed E-state index contributed by atoms with van der Waals surface area (Å²) in [7, 11) is 0. The monoisotopic (exact) mass is 650 g/mol. The Balaban J connectivity index is 1.16. The third kappa shape index (κ3) is 4.88. The zero-order valence-corrected chi connectivity index (χ0v) is 27.6. The molecule has 10 aromatic rings. The van der Waals surface area contributed by atoms with Crippen LogP contribution in [0.4, 0.5) is 0 Å². The fourth-order valence-corrected chi connectivity index (χ4v) is 7.41. The third-order valence-corrected chi connectivity index (χ3v) is 9.86. The Hall–Kier alpha value is -6.91. The van der Waals surface area contributed by atoms with Crippen molar-refractivity contribution in [1.82, 2.24) is 19.7 Å². The molecule has 10 rings (SSSR count). The highest BCUT2D eigenvalue weighted by Gasteiger charge is 2.22. The van der Waals surface area contributed by atoms with Crippen LogP contribution in [0.3, 0.4) is 0 Å². The molecule has 51 heavy (non-hydrogen) atoms. The fourth-order valence-electron chi connectivity index (χ4n) is 7.41. The molecule has 0 radical (unpaired) electrons. The van der Waals surface area contributed by atoms with E-state index in [1.54, 1.807) is 0 Å². The minimum absolute atomic E-state index is 0.918. The molecular formula is C47H30N4. The van der Waals surface area contributed by atoms with E-state index in [4.69, 9.17) is 10.1 Å². The summed E-state index contributed by atoms with van der Waals surface area (Å²) in [5.74, 6) is 0. The molecule has 0 aliphatic heterocycles. The van der Waals surface area contributed by atoms with Crippen LogP contribution in [0.15, 0.2) is 182 Å². The molecule has 4 nitrogen and oxygen atoms in total. The summed E-state index contributed by atoms with van der Waals surface area (Å²) in [5, 5.41) is 11.1. The van der Waals surface area contributed by atoms with Crippen LogP contribution in [0.2, 0.25) is 0 Å². The van der Waals surface area contributed by atoms with E-state index >= 15 is 0 Å². The molecule has 0 atom stereocenters. The first-order valence-electron chi connectivity index (χ1n) is 17.2. The zero-order chi connectivity index (χ0) is 33.7. The van der Waals surface area contributed by atoms with Gasteiger partial charge in [0.2, 0.25) is 0 Å². The SMILES string of the molecule is c1ccc(-c2cc3ccccc3c3c2c(-c2ccccc2)nn3-c2ccccc2-c2ccc(-c3ccc4ccc5cccnc5c4n3)cc2)cc1. The van der Waals surface area contributed by atoms with E-state index in [9.17, 15) is 0 Å². The summed E-state index contributed by atoms with van der Waals surface area (Å²) >= 11 is 0. The van der Waals surface area contributed by atoms with Crippen molar-refractivity contribution < 1.29 is 0 Å². The Kier molecular flexibility index (Phi) is 6.78. The zero-order valence-electron chi connectivity index (χ0n) is 27.6. The Bertz CT molecular complexity index is 2890. The lowest BCUT2D eigenvalue weighted by Gasteiger charge is -2.14. The number of aromatic nitrogens is 4. The average molecular weight is 651 g/mol. The van der Waals surface area contributed by atoms with Gasteiger partial charge in [-0.3, -0.25) is 4.98 Å². The van der Waals surface area contributed by atoms with Gasteiger partial charge in [-0.1, -0.05) is 152 Å². The van der Waals surface area contributed by atoms with Crippen molar-refractivity contribution in [3.63, 3.8) is 0 Å². The van der Waals surface area contributed by atoms with Crippen LogP contribution < -0.4 is 0 Å². The van der Waals surface area contributed by atoms with Gasteiger partial charge >= 0.3 is 0 Å². The molecule has 0 unspecified atom stereocenters. The van der Waals surface area contributed by atoms with Gasteiger partial charge in [-0.25, -0.2) is 9.67 Å². The van der Waals surface area contributed by atoms with Crippen LogP contribution in [0.5, 0.6) is 0 Å². The minimum Gasteiger partial charge on any atom is -0.254 e. The number of hydrogen-bond acceptors (Lipinski definition) is 3. The van der Waals surface area contributed by atoms with Crippen molar-refractivity contribution in [3.8, 4) is 50.5 Å². The molecule has 0 aliphatic carbocycles. The molecule has 0 saturated carbocycles. The van der Waals surface area contributed by atoms with Crippen molar-refractivity contribution in [1.29, 1.82) is 0 Å². The largest absolute Gasteiger partial charge is 0.254 e. The first kappa shape index (κ1) is 29.0. The first-order valence-corrected chi connectivity index (χ1v) is 17.2. The Morgan fingerprint density at radius 1 is 0.431 bits per heavy atom. The van der Waals surface area contributed by atoms with Crippen LogP contribution in [0.1, 0.15) is 0 Å². The Morgan fingerprint density at radius 3 is 1.88 bits per heavy atom. The summed E-state index contributed by atoms with van der Waals surface area (Å²) in [4.78, 5) is 9.74. The van der Waals surface area contributed by atoms with E-state index in [2.05, 4.69) is 180 Å². The molecule has 3 aromatic heterocycles. The van der Waals surface area contributed by atoms with Gasteiger partial charge in [0.05, 0.1) is 27.9 Å². The number of rotatable bonds is 5. The maximum atomic E-state index is 5.47. The van der Waals surface area contributed by atoms with E-state index in [1.165, 1.54) is 16.5 Å². The lowest BCUT2D eigenvalue weighted by Crippen LogP contribution is -2.00. The molecule has 238 valence electrons. The molecule has 0 bridgehead atoms. The van der Waals surface area contributed by atoms with Gasteiger partial charge in [0.25, 0.3) is 0 Å². The number of nitrogens with zero attached hydrogens (tertiary/aromatic N) is 4. The summed E-state index contributed by atoms with van der Waals surface area (Å²) in [6.45, 7) is 0. The van der Waals surface area contributed by atoms with E-state index in [-0.39, 0.29) is 0 Å². The van der Waals surface area contributed by atoms with Gasteiger partial charge < -0.3 is 0 Å². The van der Waals surface area contributed by atoms with E-state index < -0.39 is 0 Å². The van der Waals surface area contributed by atoms with Crippen molar-refractivity contribution in [2.45, 2.75) is 0 Å². The molecule has 0 amide bonds. The lowest BCUT2D eigenvalue weighted by atomic mass is 9.93. The Morgan fingerprint density at radius 2 is 1.06 bits per heavy atom. The van der Waals surface area contributed by atoms with Gasteiger partial charge in [-0.05, 0) is 46.3 Å². The van der Waals surface area contributed by atoms with Crippen LogP contribution in [0, 0.1) is 0 Å².